The molecule has 2 rings (SSSR count). The number of hydrogen-bond acceptors (Lipinski definition) is 6. The van der Waals surface area contributed by atoms with Gasteiger partial charge in [0.05, 0.1) is 28.4 Å². The van der Waals surface area contributed by atoms with E-state index in [9.17, 15) is 10.1 Å². The maximum absolute atomic E-state index is 11.9. The van der Waals surface area contributed by atoms with Crippen LogP contribution < -0.4 is 24.0 Å². The Kier molecular flexibility index (Phi) is 5.31. The van der Waals surface area contributed by atoms with Crippen molar-refractivity contribution in [2.24, 2.45) is 0 Å². The van der Waals surface area contributed by atoms with Gasteiger partial charge in [0.15, 0.2) is 39.4 Å². The predicted octanol–water partition coefficient (Wildman–Crippen LogP) is 3.05. The molecule has 0 aliphatic heterocycles. The molecule has 0 bridgehead atoms. The van der Waals surface area contributed by atoms with Crippen molar-refractivity contribution < 1.29 is 24.0 Å². The number of anilines is 2. The van der Waals surface area contributed by atoms with Gasteiger partial charge in [0.1, 0.15) is 0 Å². The zero-order valence-corrected chi connectivity index (χ0v) is 13.8. The number of methoxy groups -OCH3 is 4. The highest BCUT2D eigenvalue weighted by atomic mass is 16.7. The van der Waals surface area contributed by atoms with Gasteiger partial charge in [-0.2, -0.15) is 0 Å². The summed E-state index contributed by atoms with van der Waals surface area (Å²) >= 11 is 0. The largest absolute Gasteiger partial charge is 0.494 e. The molecule has 128 valence electrons. The third kappa shape index (κ3) is 2.98. The molecule has 0 aliphatic carbocycles. The minimum Gasteiger partial charge on any atom is -0.494 e. The first-order chi connectivity index (χ1) is 11.6. The highest BCUT2D eigenvalue weighted by molar-refractivity contribution is 5.79. The lowest BCUT2D eigenvalue weighted by Gasteiger charge is -2.22. The van der Waals surface area contributed by atoms with Gasteiger partial charge in [0, 0.05) is 0 Å². The van der Waals surface area contributed by atoms with E-state index < -0.39 is 5.03 Å². The number of para-hydroxylation sites is 2. The summed E-state index contributed by atoms with van der Waals surface area (Å²) in [5.41, 5.74) is 0.269. The molecule has 2 aromatic carbocycles. The normalized spacial score (nSPS) is 10.0. The Hall–Kier alpha value is -3.16. The van der Waals surface area contributed by atoms with Gasteiger partial charge in [-0.15, -0.1) is 0 Å². The second-order valence-corrected chi connectivity index (χ2v) is 4.57. The van der Waals surface area contributed by atoms with Gasteiger partial charge in [-0.25, -0.2) is 10.1 Å². The van der Waals surface area contributed by atoms with Crippen LogP contribution >= 0.6 is 0 Å². The van der Waals surface area contributed by atoms with Gasteiger partial charge in [-0.05, 0) is 29.3 Å². The lowest BCUT2D eigenvalue weighted by Crippen LogP contribution is -2.26. The third-order valence-electron chi connectivity index (χ3n) is 3.39. The molecule has 8 heteroatoms. The SMILES string of the molecule is COc1cccc(OC)c1N(c1c(OC)cccc1OC)[N+](=O)[O-]. The topological polar surface area (TPSA) is 83.3 Å². The van der Waals surface area contributed by atoms with Crippen LogP contribution in [0.5, 0.6) is 23.0 Å². The van der Waals surface area contributed by atoms with Crippen molar-refractivity contribution >= 4 is 11.4 Å². The van der Waals surface area contributed by atoms with E-state index in [1.54, 1.807) is 36.4 Å². The molecule has 0 aromatic heterocycles. The second kappa shape index (κ2) is 7.40. The fraction of sp³-hybridized carbons (Fsp3) is 0.250. The Morgan fingerprint density at radius 2 is 1.04 bits per heavy atom. The summed E-state index contributed by atoms with van der Waals surface area (Å²) in [6, 6.07) is 9.79. The zero-order valence-electron chi connectivity index (χ0n) is 13.8. The number of nitro groups is 1. The fourth-order valence-electron chi connectivity index (χ4n) is 2.36. The summed E-state index contributed by atoms with van der Waals surface area (Å²) in [7, 11) is 5.71. The number of benzene rings is 2. The first kappa shape index (κ1) is 17.2. The lowest BCUT2D eigenvalue weighted by atomic mass is 10.2. The maximum atomic E-state index is 11.9. The molecule has 0 heterocycles. The van der Waals surface area contributed by atoms with E-state index in [1.165, 1.54) is 28.4 Å². The molecule has 0 aliphatic rings. The van der Waals surface area contributed by atoms with Gasteiger partial charge in [-0.1, -0.05) is 12.1 Å². The zero-order chi connectivity index (χ0) is 17.7. The molecule has 0 unspecified atom stereocenters. The summed E-state index contributed by atoms with van der Waals surface area (Å²) in [4.78, 5) is 11.9. The number of hydrogen-bond donors (Lipinski definition) is 0. The minimum absolute atomic E-state index is 0.135. The molecule has 0 saturated carbocycles. The molecule has 0 atom stereocenters. The van der Waals surface area contributed by atoms with Crippen LogP contribution in [0.3, 0.4) is 0 Å². The van der Waals surface area contributed by atoms with E-state index in [1.807, 2.05) is 0 Å². The minimum atomic E-state index is -0.583. The molecule has 2 aromatic rings. The first-order valence-electron chi connectivity index (χ1n) is 6.95. The summed E-state index contributed by atoms with van der Waals surface area (Å²) < 4.78 is 21.1. The molecular formula is C16H18N2O6. The fourth-order valence-corrected chi connectivity index (χ4v) is 2.36. The molecule has 0 N–H and O–H groups in total. The second-order valence-electron chi connectivity index (χ2n) is 4.57. The van der Waals surface area contributed by atoms with E-state index in [4.69, 9.17) is 18.9 Å². The van der Waals surface area contributed by atoms with E-state index in [0.29, 0.717) is 0 Å². The van der Waals surface area contributed by atoms with Crippen LogP contribution in [0.1, 0.15) is 0 Å². The van der Waals surface area contributed by atoms with E-state index in [0.717, 1.165) is 5.01 Å². The molecule has 8 nitrogen and oxygen atoms in total. The van der Waals surface area contributed by atoms with Crippen molar-refractivity contribution in [3.63, 3.8) is 0 Å². The van der Waals surface area contributed by atoms with Crippen molar-refractivity contribution in [1.82, 2.24) is 0 Å². The maximum Gasteiger partial charge on any atom is 0.195 e. The van der Waals surface area contributed by atoms with E-state index in [-0.39, 0.29) is 34.4 Å². The first-order valence-corrected chi connectivity index (χ1v) is 6.95. The summed E-state index contributed by atoms with van der Waals surface area (Å²) in [5.74, 6) is 1.11. The standard InChI is InChI=1S/C16H18N2O6/c1-21-11-7-5-8-12(22-2)15(11)17(18(19)20)16-13(23-3)9-6-10-14(16)24-4/h5-10H,1-4H3. The monoisotopic (exact) mass is 334 g/mol. The van der Waals surface area contributed by atoms with Crippen molar-refractivity contribution in [2.75, 3.05) is 33.4 Å². The van der Waals surface area contributed by atoms with Crippen LogP contribution in [-0.2, 0) is 0 Å². The van der Waals surface area contributed by atoms with Crippen LogP contribution in [0.25, 0.3) is 0 Å². The molecule has 24 heavy (non-hydrogen) atoms. The van der Waals surface area contributed by atoms with Crippen LogP contribution in [-0.4, -0.2) is 33.5 Å². The third-order valence-corrected chi connectivity index (χ3v) is 3.39. The van der Waals surface area contributed by atoms with Gasteiger partial charge in [-0.3, -0.25) is 0 Å². The number of hydrazine groups is 1. The quantitative estimate of drug-likeness (QED) is 0.568. The van der Waals surface area contributed by atoms with Gasteiger partial charge < -0.3 is 18.9 Å². The highest BCUT2D eigenvalue weighted by Gasteiger charge is 2.33. The Bertz CT molecular complexity index is 635. The van der Waals surface area contributed by atoms with Crippen molar-refractivity contribution in [3.05, 3.63) is 46.5 Å². The Balaban J connectivity index is 2.81. The van der Waals surface area contributed by atoms with Crippen molar-refractivity contribution in [1.29, 1.82) is 0 Å². The summed E-state index contributed by atoms with van der Waals surface area (Å²) in [6.45, 7) is 0. The molecular weight excluding hydrogens is 316 g/mol. The average molecular weight is 334 g/mol. The molecule has 0 saturated heterocycles. The van der Waals surface area contributed by atoms with Crippen molar-refractivity contribution in [3.8, 4) is 23.0 Å². The van der Waals surface area contributed by atoms with Gasteiger partial charge in [0.25, 0.3) is 0 Å². The summed E-state index contributed by atoms with van der Waals surface area (Å²) in [5, 5.41) is 12.1. The Labute approximate surface area is 139 Å². The molecule has 0 fully saturated rings. The van der Waals surface area contributed by atoms with Crippen molar-refractivity contribution in [2.45, 2.75) is 0 Å². The van der Waals surface area contributed by atoms with Crippen LogP contribution in [0, 0.1) is 10.1 Å². The van der Waals surface area contributed by atoms with E-state index >= 15 is 0 Å². The highest BCUT2D eigenvalue weighted by Crippen LogP contribution is 2.47. The number of rotatable bonds is 7. The molecule has 0 amide bonds. The molecule has 0 spiro atoms. The number of nitrogens with zero attached hydrogens (tertiary/aromatic N) is 2. The predicted molar refractivity (Wildman–Crippen MR) is 88.2 cm³/mol. The molecule has 0 radical (unpaired) electrons. The Morgan fingerprint density at radius 1 is 0.750 bits per heavy atom. The van der Waals surface area contributed by atoms with E-state index in [2.05, 4.69) is 0 Å². The van der Waals surface area contributed by atoms with Crippen LogP contribution in [0.4, 0.5) is 11.4 Å². The van der Waals surface area contributed by atoms with Gasteiger partial charge >= 0.3 is 0 Å². The summed E-state index contributed by atoms with van der Waals surface area (Å²) in [6.07, 6.45) is 0. The average Bonchev–Trinajstić information content (AvgIpc) is 2.61. The smallest absolute Gasteiger partial charge is 0.195 e. The lowest BCUT2D eigenvalue weighted by molar-refractivity contribution is -0.483. The number of ether oxygens (including phenoxy) is 4. The van der Waals surface area contributed by atoms with Crippen LogP contribution in [0.2, 0.25) is 0 Å². The van der Waals surface area contributed by atoms with Gasteiger partial charge in [0.2, 0.25) is 0 Å². The Morgan fingerprint density at radius 3 is 1.25 bits per heavy atom. The van der Waals surface area contributed by atoms with Crippen LogP contribution in [0.15, 0.2) is 36.4 Å².